The summed E-state index contributed by atoms with van der Waals surface area (Å²) in [6.07, 6.45) is 0. The van der Waals surface area contributed by atoms with Crippen molar-refractivity contribution in [1.82, 2.24) is 0 Å². The Bertz CT molecular complexity index is 481. The van der Waals surface area contributed by atoms with E-state index in [4.69, 9.17) is 9.52 Å². The van der Waals surface area contributed by atoms with E-state index in [0.29, 0.717) is 5.76 Å². The normalized spacial score (nSPS) is 11.1. The van der Waals surface area contributed by atoms with Gasteiger partial charge in [-0.05, 0) is 49.6 Å². The lowest BCUT2D eigenvalue weighted by Crippen LogP contribution is -1.85. The third kappa shape index (κ3) is 1.23. The van der Waals surface area contributed by atoms with Crippen molar-refractivity contribution >= 4 is 11.0 Å². The lowest BCUT2D eigenvalue weighted by molar-refractivity contribution is 0.251. The number of furan rings is 1. The second-order valence-corrected chi connectivity index (χ2v) is 3.73. The van der Waals surface area contributed by atoms with Gasteiger partial charge in [0.25, 0.3) is 0 Å². The van der Waals surface area contributed by atoms with Crippen LogP contribution in [-0.2, 0) is 6.61 Å². The zero-order chi connectivity index (χ0) is 10.3. The van der Waals surface area contributed by atoms with E-state index in [1.54, 1.807) is 0 Å². The SMILES string of the molecule is Cc1cc2cc(CO)oc2c(C)c1C. The predicted octanol–water partition coefficient (Wildman–Crippen LogP) is 2.85. The van der Waals surface area contributed by atoms with Crippen LogP contribution in [0.15, 0.2) is 16.5 Å². The Balaban J connectivity index is 2.81. The molecule has 2 nitrogen and oxygen atoms in total. The topological polar surface area (TPSA) is 33.4 Å². The molecule has 0 fully saturated rings. The minimum Gasteiger partial charge on any atom is -0.458 e. The molecule has 0 spiro atoms. The van der Waals surface area contributed by atoms with Gasteiger partial charge in [-0.25, -0.2) is 0 Å². The summed E-state index contributed by atoms with van der Waals surface area (Å²) in [7, 11) is 0. The zero-order valence-electron chi connectivity index (χ0n) is 8.72. The molecule has 0 saturated heterocycles. The van der Waals surface area contributed by atoms with Crippen molar-refractivity contribution < 1.29 is 9.52 Å². The Labute approximate surface area is 83.2 Å². The van der Waals surface area contributed by atoms with Gasteiger partial charge in [-0.15, -0.1) is 0 Å². The summed E-state index contributed by atoms with van der Waals surface area (Å²) in [4.78, 5) is 0. The molecule has 0 aliphatic heterocycles. The molecule has 2 heteroatoms. The molecule has 0 bridgehead atoms. The number of benzene rings is 1. The standard InChI is InChI=1S/C12H14O2/c1-7-4-10-5-11(6-13)14-12(10)9(3)8(7)2/h4-5,13H,6H2,1-3H3. The number of aliphatic hydroxyl groups is 1. The van der Waals surface area contributed by atoms with Gasteiger partial charge in [-0.2, -0.15) is 0 Å². The van der Waals surface area contributed by atoms with Crippen LogP contribution in [0.4, 0.5) is 0 Å². The van der Waals surface area contributed by atoms with Crippen LogP contribution in [0.25, 0.3) is 11.0 Å². The third-order valence-electron chi connectivity index (χ3n) is 2.83. The molecule has 0 aliphatic rings. The van der Waals surface area contributed by atoms with Crippen molar-refractivity contribution in [1.29, 1.82) is 0 Å². The summed E-state index contributed by atoms with van der Waals surface area (Å²) in [5.41, 5.74) is 4.59. The van der Waals surface area contributed by atoms with Gasteiger partial charge in [0.15, 0.2) is 0 Å². The molecular formula is C12H14O2. The zero-order valence-corrected chi connectivity index (χ0v) is 8.72. The van der Waals surface area contributed by atoms with Crippen molar-refractivity contribution in [3.63, 3.8) is 0 Å². The largest absolute Gasteiger partial charge is 0.458 e. The summed E-state index contributed by atoms with van der Waals surface area (Å²) >= 11 is 0. The summed E-state index contributed by atoms with van der Waals surface area (Å²) in [5.74, 6) is 0.633. The summed E-state index contributed by atoms with van der Waals surface area (Å²) in [5, 5.41) is 10.1. The van der Waals surface area contributed by atoms with Crippen molar-refractivity contribution in [2.24, 2.45) is 0 Å². The molecule has 1 N–H and O–H groups in total. The molecular weight excluding hydrogens is 176 g/mol. The average molecular weight is 190 g/mol. The van der Waals surface area contributed by atoms with Crippen molar-refractivity contribution in [3.8, 4) is 0 Å². The fourth-order valence-electron chi connectivity index (χ4n) is 1.74. The average Bonchev–Trinajstić information content (AvgIpc) is 2.57. The predicted molar refractivity (Wildman–Crippen MR) is 56.3 cm³/mol. The Kier molecular flexibility index (Phi) is 2.08. The number of rotatable bonds is 1. The van der Waals surface area contributed by atoms with Gasteiger partial charge in [-0.3, -0.25) is 0 Å². The van der Waals surface area contributed by atoms with Gasteiger partial charge in [0.05, 0.1) is 0 Å². The monoisotopic (exact) mass is 190 g/mol. The number of aryl methyl sites for hydroxylation is 2. The van der Waals surface area contributed by atoms with E-state index in [0.717, 1.165) is 11.0 Å². The highest BCUT2D eigenvalue weighted by Crippen LogP contribution is 2.27. The van der Waals surface area contributed by atoms with Gasteiger partial charge in [0, 0.05) is 5.39 Å². The fourth-order valence-corrected chi connectivity index (χ4v) is 1.74. The molecule has 1 aromatic carbocycles. The molecule has 2 rings (SSSR count). The highest BCUT2D eigenvalue weighted by molar-refractivity contribution is 5.83. The maximum atomic E-state index is 8.97. The molecule has 0 aliphatic carbocycles. The minimum atomic E-state index is -0.0355. The number of fused-ring (bicyclic) bond motifs is 1. The lowest BCUT2D eigenvalue weighted by Gasteiger charge is -2.04. The van der Waals surface area contributed by atoms with Crippen molar-refractivity contribution in [2.45, 2.75) is 27.4 Å². The van der Waals surface area contributed by atoms with E-state index < -0.39 is 0 Å². The molecule has 74 valence electrons. The summed E-state index contributed by atoms with van der Waals surface area (Å²) in [6.45, 7) is 6.19. The van der Waals surface area contributed by atoms with Crippen LogP contribution in [0.5, 0.6) is 0 Å². The Hall–Kier alpha value is -1.28. The van der Waals surface area contributed by atoms with E-state index in [2.05, 4.69) is 26.8 Å². The first-order valence-corrected chi connectivity index (χ1v) is 4.73. The van der Waals surface area contributed by atoms with Crippen LogP contribution >= 0.6 is 0 Å². The first-order chi connectivity index (χ1) is 6.63. The van der Waals surface area contributed by atoms with Gasteiger partial charge in [0.1, 0.15) is 18.0 Å². The molecule has 0 saturated carbocycles. The first kappa shape index (κ1) is 9.28. The van der Waals surface area contributed by atoms with E-state index in [-0.39, 0.29) is 6.61 Å². The summed E-state index contributed by atoms with van der Waals surface area (Å²) < 4.78 is 5.53. The molecule has 14 heavy (non-hydrogen) atoms. The molecule has 1 aromatic heterocycles. The molecule has 0 radical (unpaired) electrons. The van der Waals surface area contributed by atoms with Crippen LogP contribution < -0.4 is 0 Å². The molecule has 2 aromatic rings. The van der Waals surface area contributed by atoms with Gasteiger partial charge in [-0.1, -0.05) is 0 Å². The van der Waals surface area contributed by atoms with E-state index >= 15 is 0 Å². The van der Waals surface area contributed by atoms with E-state index in [9.17, 15) is 0 Å². The highest BCUT2D eigenvalue weighted by Gasteiger charge is 2.09. The van der Waals surface area contributed by atoms with Crippen molar-refractivity contribution in [2.75, 3.05) is 0 Å². The second kappa shape index (κ2) is 3.14. The number of hydrogen-bond acceptors (Lipinski definition) is 2. The Morgan fingerprint density at radius 2 is 1.86 bits per heavy atom. The minimum absolute atomic E-state index is 0.0355. The van der Waals surface area contributed by atoms with Gasteiger partial charge < -0.3 is 9.52 Å². The molecule has 0 amide bonds. The van der Waals surface area contributed by atoms with Gasteiger partial charge >= 0.3 is 0 Å². The quantitative estimate of drug-likeness (QED) is 0.750. The molecule has 0 atom stereocenters. The van der Waals surface area contributed by atoms with Crippen LogP contribution in [-0.4, -0.2) is 5.11 Å². The molecule has 0 unspecified atom stereocenters. The van der Waals surface area contributed by atoms with Gasteiger partial charge in [0.2, 0.25) is 0 Å². The van der Waals surface area contributed by atoms with Crippen LogP contribution in [0, 0.1) is 20.8 Å². The third-order valence-corrected chi connectivity index (χ3v) is 2.83. The van der Waals surface area contributed by atoms with E-state index in [1.807, 2.05) is 6.07 Å². The Morgan fingerprint density at radius 3 is 2.50 bits per heavy atom. The summed E-state index contributed by atoms with van der Waals surface area (Å²) in [6, 6.07) is 4.00. The molecule has 1 heterocycles. The lowest BCUT2D eigenvalue weighted by atomic mass is 10.0. The maximum Gasteiger partial charge on any atom is 0.137 e. The number of hydrogen-bond donors (Lipinski definition) is 1. The van der Waals surface area contributed by atoms with Crippen LogP contribution in [0.1, 0.15) is 22.5 Å². The second-order valence-electron chi connectivity index (χ2n) is 3.73. The highest BCUT2D eigenvalue weighted by atomic mass is 16.4. The maximum absolute atomic E-state index is 8.97. The fraction of sp³-hybridized carbons (Fsp3) is 0.333. The smallest absolute Gasteiger partial charge is 0.137 e. The number of aliphatic hydroxyl groups excluding tert-OH is 1. The van der Waals surface area contributed by atoms with Crippen LogP contribution in [0.2, 0.25) is 0 Å². The Morgan fingerprint density at radius 1 is 1.14 bits per heavy atom. The van der Waals surface area contributed by atoms with Crippen molar-refractivity contribution in [3.05, 3.63) is 34.6 Å². The van der Waals surface area contributed by atoms with E-state index in [1.165, 1.54) is 16.7 Å². The van der Waals surface area contributed by atoms with Crippen LogP contribution in [0.3, 0.4) is 0 Å². The first-order valence-electron chi connectivity index (χ1n) is 4.73.